The third kappa shape index (κ3) is 5.79. The molecule has 0 aliphatic carbocycles. The standard InChI is InChI=1S/C18H29NO/c1-13(2)7-8-20-18-15(5)9-17(10-16(18)6)12-19-11-14(3)4/h9-10,14,19H,1,7-8,11-12H2,2-6H3. The van der Waals surface area contributed by atoms with Crippen molar-refractivity contribution in [3.8, 4) is 5.75 Å². The van der Waals surface area contributed by atoms with Crippen molar-refractivity contribution >= 4 is 0 Å². The van der Waals surface area contributed by atoms with E-state index in [1.807, 2.05) is 6.92 Å². The molecule has 0 fully saturated rings. The molecule has 1 aromatic carbocycles. The van der Waals surface area contributed by atoms with Gasteiger partial charge in [-0.25, -0.2) is 0 Å². The van der Waals surface area contributed by atoms with E-state index >= 15 is 0 Å². The van der Waals surface area contributed by atoms with Crippen molar-refractivity contribution in [2.75, 3.05) is 13.2 Å². The molecule has 0 aliphatic rings. The van der Waals surface area contributed by atoms with Crippen LogP contribution in [0, 0.1) is 19.8 Å². The highest BCUT2D eigenvalue weighted by atomic mass is 16.5. The molecule has 1 rings (SSSR count). The molecule has 0 amide bonds. The van der Waals surface area contributed by atoms with Gasteiger partial charge in [0.15, 0.2) is 0 Å². The van der Waals surface area contributed by atoms with Gasteiger partial charge in [0.1, 0.15) is 5.75 Å². The lowest BCUT2D eigenvalue weighted by atomic mass is 10.1. The zero-order valence-electron chi connectivity index (χ0n) is 13.7. The van der Waals surface area contributed by atoms with Gasteiger partial charge in [-0.15, -0.1) is 6.58 Å². The van der Waals surface area contributed by atoms with Crippen LogP contribution in [0.3, 0.4) is 0 Å². The lowest BCUT2D eigenvalue weighted by Gasteiger charge is -2.15. The summed E-state index contributed by atoms with van der Waals surface area (Å²) in [5, 5.41) is 3.48. The summed E-state index contributed by atoms with van der Waals surface area (Å²) in [6, 6.07) is 4.44. The van der Waals surface area contributed by atoms with Crippen molar-refractivity contribution in [1.82, 2.24) is 5.32 Å². The van der Waals surface area contributed by atoms with E-state index in [0.717, 1.165) is 30.8 Å². The second-order valence-corrected chi connectivity index (χ2v) is 6.14. The maximum Gasteiger partial charge on any atom is 0.125 e. The molecule has 1 aromatic rings. The largest absolute Gasteiger partial charge is 0.493 e. The molecule has 0 aliphatic heterocycles. The third-order valence-electron chi connectivity index (χ3n) is 3.18. The Balaban J connectivity index is 2.63. The molecule has 112 valence electrons. The smallest absolute Gasteiger partial charge is 0.125 e. The predicted molar refractivity (Wildman–Crippen MR) is 87.4 cm³/mol. The molecule has 0 saturated heterocycles. The Morgan fingerprint density at radius 3 is 2.35 bits per heavy atom. The SMILES string of the molecule is C=C(C)CCOc1c(C)cc(CNCC(C)C)cc1C. The summed E-state index contributed by atoms with van der Waals surface area (Å²) in [6.45, 7) is 17.3. The molecule has 0 atom stereocenters. The number of benzene rings is 1. The van der Waals surface area contributed by atoms with Crippen molar-refractivity contribution in [2.45, 2.75) is 47.6 Å². The third-order valence-corrected chi connectivity index (χ3v) is 3.18. The highest BCUT2D eigenvalue weighted by molar-refractivity contribution is 5.43. The second kappa shape index (κ2) is 8.11. The van der Waals surface area contributed by atoms with E-state index in [1.165, 1.54) is 16.7 Å². The number of rotatable bonds is 8. The average Bonchev–Trinajstić information content (AvgIpc) is 2.32. The van der Waals surface area contributed by atoms with Gasteiger partial charge in [-0.3, -0.25) is 0 Å². The van der Waals surface area contributed by atoms with Gasteiger partial charge >= 0.3 is 0 Å². The summed E-state index contributed by atoms with van der Waals surface area (Å²) >= 11 is 0. The molecular formula is C18H29NO. The fraction of sp³-hybridized carbons (Fsp3) is 0.556. The Morgan fingerprint density at radius 2 is 1.85 bits per heavy atom. The van der Waals surface area contributed by atoms with Gasteiger partial charge in [0.2, 0.25) is 0 Å². The molecule has 2 nitrogen and oxygen atoms in total. The number of ether oxygens (including phenoxy) is 1. The molecule has 1 N–H and O–H groups in total. The molecule has 0 heterocycles. The van der Waals surface area contributed by atoms with Crippen LogP contribution in [0.5, 0.6) is 5.75 Å². The van der Waals surface area contributed by atoms with Crippen molar-refractivity contribution in [2.24, 2.45) is 5.92 Å². The van der Waals surface area contributed by atoms with Gasteiger partial charge < -0.3 is 10.1 Å². The molecule has 0 aromatic heterocycles. The summed E-state index contributed by atoms with van der Waals surface area (Å²) in [5.74, 6) is 1.71. The van der Waals surface area contributed by atoms with Crippen molar-refractivity contribution in [3.05, 3.63) is 41.0 Å². The van der Waals surface area contributed by atoms with Gasteiger partial charge in [-0.1, -0.05) is 31.6 Å². The Bertz CT molecular complexity index is 426. The van der Waals surface area contributed by atoms with Gasteiger partial charge in [0, 0.05) is 13.0 Å². The van der Waals surface area contributed by atoms with Crippen LogP contribution in [-0.4, -0.2) is 13.2 Å². The minimum Gasteiger partial charge on any atom is -0.493 e. The first kappa shape index (κ1) is 16.8. The van der Waals surface area contributed by atoms with Crippen LogP contribution < -0.4 is 10.1 Å². The Labute approximate surface area is 124 Å². The van der Waals surface area contributed by atoms with Gasteiger partial charge in [-0.2, -0.15) is 0 Å². The minimum absolute atomic E-state index is 0.682. The molecule has 0 spiro atoms. The number of nitrogens with one attached hydrogen (secondary N) is 1. The maximum atomic E-state index is 5.89. The van der Waals surface area contributed by atoms with Crippen LogP contribution in [0.15, 0.2) is 24.3 Å². The zero-order chi connectivity index (χ0) is 15.1. The van der Waals surface area contributed by atoms with Crippen LogP contribution in [0.25, 0.3) is 0 Å². The van der Waals surface area contributed by atoms with Crippen LogP contribution in [0.1, 0.15) is 43.9 Å². The lowest BCUT2D eigenvalue weighted by molar-refractivity contribution is 0.317. The number of aryl methyl sites for hydroxylation is 2. The van der Waals surface area contributed by atoms with E-state index in [0.29, 0.717) is 12.5 Å². The molecule has 0 radical (unpaired) electrons. The minimum atomic E-state index is 0.682. The van der Waals surface area contributed by atoms with E-state index in [2.05, 4.69) is 51.7 Å². The van der Waals surface area contributed by atoms with Gasteiger partial charge in [0.05, 0.1) is 6.61 Å². The molecule has 20 heavy (non-hydrogen) atoms. The highest BCUT2D eigenvalue weighted by Gasteiger charge is 2.06. The normalized spacial score (nSPS) is 10.9. The Kier molecular flexibility index (Phi) is 6.80. The quantitative estimate of drug-likeness (QED) is 0.710. The molecule has 0 unspecified atom stereocenters. The fourth-order valence-electron chi connectivity index (χ4n) is 2.20. The summed E-state index contributed by atoms with van der Waals surface area (Å²) < 4.78 is 5.89. The molecule has 2 heteroatoms. The zero-order valence-corrected chi connectivity index (χ0v) is 13.7. The first-order chi connectivity index (χ1) is 9.40. The van der Waals surface area contributed by atoms with E-state index < -0.39 is 0 Å². The van der Waals surface area contributed by atoms with Crippen molar-refractivity contribution in [1.29, 1.82) is 0 Å². The molecule has 0 bridgehead atoms. The van der Waals surface area contributed by atoms with Crippen LogP contribution in [0.4, 0.5) is 0 Å². The van der Waals surface area contributed by atoms with Crippen LogP contribution in [-0.2, 0) is 6.54 Å². The van der Waals surface area contributed by atoms with Crippen LogP contribution in [0.2, 0.25) is 0 Å². The van der Waals surface area contributed by atoms with E-state index in [-0.39, 0.29) is 0 Å². The Morgan fingerprint density at radius 1 is 1.25 bits per heavy atom. The maximum absolute atomic E-state index is 5.89. The van der Waals surface area contributed by atoms with E-state index in [4.69, 9.17) is 4.74 Å². The molecule has 0 saturated carbocycles. The monoisotopic (exact) mass is 275 g/mol. The first-order valence-electron chi connectivity index (χ1n) is 7.48. The Hall–Kier alpha value is -1.28. The second-order valence-electron chi connectivity index (χ2n) is 6.14. The summed E-state index contributed by atoms with van der Waals surface area (Å²) in [6.07, 6.45) is 0.913. The highest BCUT2D eigenvalue weighted by Crippen LogP contribution is 2.25. The van der Waals surface area contributed by atoms with Crippen molar-refractivity contribution < 1.29 is 4.74 Å². The predicted octanol–water partition coefficient (Wildman–Crippen LogP) is 4.39. The van der Waals surface area contributed by atoms with E-state index in [9.17, 15) is 0 Å². The topological polar surface area (TPSA) is 21.3 Å². The van der Waals surface area contributed by atoms with Gasteiger partial charge in [-0.05, 0) is 49.9 Å². The van der Waals surface area contributed by atoms with Crippen molar-refractivity contribution in [3.63, 3.8) is 0 Å². The fourth-order valence-corrected chi connectivity index (χ4v) is 2.20. The van der Waals surface area contributed by atoms with E-state index in [1.54, 1.807) is 0 Å². The van der Waals surface area contributed by atoms with Crippen LogP contribution >= 0.6 is 0 Å². The number of hydrogen-bond donors (Lipinski definition) is 1. The first-order valence-corrected chi connectivity index (χ1v) is 7.48. The van der Waals surface area contributed by atoms with Gasteiger partial charge in [0.25, 0.3) is 0 Å². The summed E-state index contributed by atoms with van der Waals surface area (Å²) in [4.78, 5) is 0. The lowest BCUT2D eigenvalue weighted by Crippen LogP contribution is -2.19. The summed E-state index contributed by atoms with van der Waals surface area (Å²) in [5.41, 5.74) is 4.92. The average molecular weight is 275 g/mol. The number of hydrogen-bond acceptors (Lipinski definition) is 2. The molecular weight excluding hydrogens is 246 g/mol. The summed E-state index contributed by atoms with van der Waals surface area (Å²) in [7, 11) is 0.